The van der Waals surface area contributed by atoms with Crippen molar-refractivity contribution in [3.05, 3.63) is 24.0 Å². The molecule has 5 nitrogen and oxygen atoms in total. The average Bonchev–Trinajstić information content (AvgIpc) is 2.35. The Labute approximate surface area is 106 Å². The van der Waals surface area contributed by atoms with Crippen LogP contribution in [0.5, 0.6) is 5.75 Å². The third-order valence-corrected chi connectivity index (χ3v) is 3.82. The first-order valence-corrected chi connectivity index (χ1v) is 6.75. The molecule has 0 aliphatic carbocycles. The standard InChI is InChI=1S/C11H16FNO4S/c1-8(16-2)7-13-18(14,15)9-4-5-11(17-3)10(12)6-9/h4-6,8,13H,7H2,1-3H3. The van der Waals surface area contributed by atoms with Crippen molar-refractivity contribution in [3.63, 3.8) is 0 Å². The van der Waals surface area contributed by atoms with Gasteiger partial charge in [-0.05, 0) is 25.1 Å². The molecule has 0 aromatic heterocycles. The second-order valence-electron chi connectivity index (χ2n) is 3.69. The molecule has 0 saturated carbocycles. The van der Waals surface area contributed by atoms with Crippen LogP contribution in [0.2, 0.25) is 0 Å². The minimum Gasteiger partial charge on any atom is -0.494 e. The summed E-state index contributed by atoms with van der Waals surface area (Å²) in [5.74, 6) is -0.723. The first kappa shape index (κ1) is 14.9. The van der Waals surface area contributed by atoms with Crippen LogP contribution in [-0.4, -0.2) is 35.3 Å². The minimum atomic E-state index is -3.74. The van der Waals surface area contributed by atoms with Crippen LogP contribution in [0.15, 0.2) is 23.1 Å². The Morgan fingerprint density at radius 1 is 1.39 bits per heavy atom. The predicted octanol–water partition coefficient (Wildman–Crippen LogP) is 1.15. The number of benzene rings is 1. The number of nitrogens with one attached hydrogen (secondary N) is 1. The average molecular weight is 277 g/mol. The van der Waals surface area contributed by atoms with Gasteiger partial charge in [0, 0.05) is 13.7 Å². The van der Waals surface area contributed by atoms with Crippen molar-refractivity contribution in [2.45, 2.75) is 17.9 Å². The number of halogens is 1. The molecule has 0 amide bonds. The minimum absolute atomic E-state index is 0.000732. The molecular weight excluding hydrogens is 261 g/mol. The zero-order valence-corrected chi connectivity index (χ0v) is 11.3. The van der Waals surface area contributed by atoms with Crippen LogP contribution in [0.3, 0.4) is 0 Å². The zero-order valence-electron chi connectivity index (χ0n) is 10.4. The Bertz CT molecular complexity index is 504. The smallest absolute Gasteiger partial charge is 0.240 e. The van der Waals surface area contributed by atoms with Crippen LogP contribution >= 0.6 is 0 Å². The second kappa shape index (κ2) is 6.12. The van der Waals surface area contributed by atoms with E-state index in [2.05, 4.69) is 4.72 Å². The lowest BCUT2D eigenvalue weighted by atomic mass is 10.3. The van der Waals surface area contributed by atoms with E-state index in [1.54, 1.807) is 6.92 Å². The van der Waals surface area contributed by atoms with Crippen LogP contribution in [-0.2, 0) is 14.8 Å². The van der Waals surface area contributed by atoms with Crippen LogP contribution < -0.4 is 9.46 Å². The van der Waals surface area contributed by atoms with E-state index in [0.717, 1.165) is 6.07 Å². The fourth-order valence-corrected chi connectivity index (χ4v) is 2.33. The van der Waals surface area contributed by atoms with E-state index >= 15 is 0 Å². The van der Waals surface area contributed by atoms with Crippen molar-refractivity contribution in [3.8, 4) is 5.75 Å². The van der Waals surface area contributed by atoms with E-state index in [9.17, 15) is 12.8 Å². The Balaban J connectivity index is 2.88. The Morgan fingerprint density at radius 3 is 2.56 bits per heavy atom. The molecule has 0 spiro atoms. The van der Waals surface area contributed by atoms with Gasteiger partial charge in [0.15, 0.2) is 11.6 Å². The maximum absolute atomic E-state index is 13.4. The third kappa shape index (κ3) is 3.66. The van der Waals surface area contributed by atoms with Crippen molar-refractivity contribution >= 4 is 10.0 Å². The first-order chi connectivity index (χ1) is 8.40. The van der Waals surface area contributed by atoms with Gasteiger partial charge in [0.05, 0.1) is 18.1 Å². The molecule has 1 atom stereocenters. The third-order valence-electron chi connectivity index (χ3n) is 2.40. The fraction of sp³-hybridized carbons (Fsp3) is 0.455. The molecule has 1 unspecified atom stereocenters. The van der Waals surface area contributed by atoms with E-state index in [1.807, 2.05) is 0 Å². The molecular formula is C11H16FNO4S. The molecule has 0 fully saturated rings. The van der Waals surface area contributed by atoms with Gasteiger partial charge in [-0.2, -0.15) is 0 Å². The topological polar surface area (TPSA) is 64.6 Å². The highest BCUT2D eigenvalue weighted by atomic mass is 32.2. The van der Waals surface area contributed by atoms with Crippen molar-refractivity contribution in [2.75, 3.05) is 20.8 Å². The van der Waals surface area contributed by atoms with Gasteiger partial charge < -0.3 is 9.47 Å². The predicted molar refractivity (Wildman–Crippen MR) is 64.6 cm³/mol. The Morgan fingerprint density at radius 2 is 2.06 bits per heavy atom. The monoisotopic (exact) mass is 277 g/mol. The highest BCUT2D eigenvalue weighted by Crippen LogP contribution is 2.20. The summed E-state index contributed by atoms with van der Waals surface area (Å²) in [6.45, 7) is 1.84. The summed E-state index contributed by atoms with van der Waals surface area (Å²) in [5.41, 5.74) is 0. The molecule has 1 rings (SSSR count). The molecule has 1 N–H and O–H groups in total. The lowest BCUT2D eigenvalue weighted by molar-refractivity contribution is 0.122. The van der Waals surface area contributed by atoms with Crippen LogP contribution in [0.25, 0.3) is 0 Å². The van der Waals surface area contributed by atoms with Crippen LogP contribution in [0, 0.1) is 5.82 Å². The Kier molecular flexibility index (Phi) is 5.06. The molecule has 1 aromatic carbocycles. The summed E-state index contributed by atoms with van der Waals surface area (Å²) in [4.78, 5) is -0.149. The number of methoxy groups -OCH3 is 2. The number of hydrogen-bond acceptors (Lipinski definition) is 4. The fourth-order valence-electron chi connectivity index (χ4n) is 1.21. The lowest BCUT2D eigenvalue weighted by Gasteiger charge is -2.11. The van der Waals surface area contributed by atoms with Gasteiger partial charge in [-0.1, -0.05) is 0 Å². The number of hydrogen-bond donors (Lipinski definition) is 1. The highest BCUT2D eigenvalue weighted by Gasteiger charge is 2.17. The second-order valence-corrected chi connectivity index (χ2v) is 5.46. The quantitative estimate of drug-likeness (QED) is 0.847. The molecule has 0 saturated heterocycles. The molecule has 0 radical (unpaired) electrons. The van der Waals surface area contributed by atoms with E-state index in [1.165, 1.54) is 26.4 Å². The van der Waals surface area contributed by atoms with Gasteiger partial charge in [-0.25, -0.2) is 17.5 Å². The molecule has 7 heteroatoms. The van der Waals surface area contributed by atoms with Crippen LogP contribution in [0.1, 0.15) is 6.92 Å². The maximum atomic E-state index is 13.4. The first-order valence-electron chi connectivity index (χ1n) is 5.26. The highest BCUT2D eigenvalue weighted by molar-refractivity contribution is 7.89. The van der Waals surface area contributed by atoms with Gasteiger partial charge in [-0.3, -0.25) is 0 Å². The van der Waals surface area contributed by atoms with Gasteiger partial charge in [-0.15, -0.1) is 0 Å². The van der Waals surface area contributed by atoms with Crippen LogP contribution in [0.4, 0.5) is 4.39 Å². The summed E-state index contributed by atoms with van der Waals surface area (Å²) < 4.78 is 49.0. The summed E-state index contributed by atoms with van der Waals surface area (Å²) >= 11 is 0. The van der Waals surface area contributed by atoms with E-state index in [-0.39, 0.29) is 23.3 Å². The largest absolute Gasteiger partial charge is 0.494 e. The molecule has 0 heterocycles. The summed E-state index contributed by atoms with van der Waals surface area (Å²) in [6, 6.07) is 3.46. The maximum Gasteiger partial charge on any atom is 0.240 e. The summed E-state index contributed by atoms with van der Waals surface area (Å²) in [6.07, 6.45) is -0.261. The van der Waals surface area contributed by atoms with Gasteiger partial charge >= 0.3 is 0 Å². The molecule has 0 aliphatic heterocycles. The molecule has 102 valence electrons. The van der Waals surface area contributed by atoms with Gasteiger partial charge in [0.25, 0.3) is 0 Å². The lowest BCUT2D eigenvalue weighted by Crippen LogP contribution is -2.31. The Hall–Kier alpha value is -1.18. The van der Waals surface area contributed by atoms with Crippen molar-refractivity contribution < 1.29 is 22.3 Å². The van der Waals surface area contributed by atoms with Crippen molar-refractivity contribution in [2.24, 2.45) is 0 Å². The molecule has 0 bridgehead atoms. The summed E-state index contributed by atoms with van der Waals surface area (Å²) in [7, 11) is -0.950. The van der Waals surface area contributed by atoms with Gasteiger partial charge in [0.1, 0.15) is 0 Å². The van der Waals surface area contributed by atoms with Crippen molar-refractivity contribution in [1.82, 2.24) is 4.72 Å². The number of ether oxygens (including phenoxy) is 2. The summed E-state index contributed by atoms with van der Waals surface area (Å²) in [5, 5.41) is 0. The SMILES string of the molecule is COc1ccc(S(=O)(=O)NCC(C)OC)cc1F. The molecule has 18 heavy (non-hydrogen) atoms. The van der Waals surface area contributed by atoms with E-state index in [0.29, 0.717) is 0 Å². The number of rotatable bonds is 6. The van der Waals surface area contributed by atoms with Gasteiger partial charge in [0.2, 0.25) is 10.0 Å². The van der Waals surface area contributed by atoms with E-state index in [4.69, 9.17) is 9.47 Å². The number of sulfonamides is 1. The molecule has 0 aliphatic rings. The van der Waals surface area contributed by atoms with Crippen molar-refractivity contribution in [1.29, 1.82) is 0 Å². The molecule has 1 aromatic rings. The zero-order chi connectivity index (χ0) is 13.8. The normalized spacial score (nSPS) is 13.3. The van der Waals surface area contributed by atoms with E-state index < -0.39 is 15.8 Å².